The molecule has 2 saturated carbocycles. The van der Waals surface area contributed by atoms with Crippen LogP contribution in [0.2, 0.25) is 0 Å². The van der Waals surface area contributed by atoms with E-state index in [2.05, 4.69) is 10.6 Å². The fraction of sp³-hybridized carbons (Fsp3) is 0.938. The molecule has 2 N–H and O–H groups in total. The van der Waals surface area contributed by atoms with Crippen LogP contribution in [0.3, 0.4) is 0 Å². The summed E-state index contributed by atoms with van der Waals surface area (Å²) in [7, 11) is 1.77. The number of amides is 1. The average Bonchev–Trinajstić information content (AvgIpc) is 2.95. The zero-order chi connectivity index (χ0) is 14.1. The minimum absolute atomic E-state index is 0.209. The summed E-state index contributed by atoms with van der Waals surface area (Å²) in [6.45, 7) is 3.76. The Labute approximate surface area is 122 Å². The summed E-state index contributed by atoms with van der Waals surface area (Å²) in [5, 5.41) is 6.64. The average molecular weight is 280 g/mol. The number of hydrogen-bond donors (Lipinski definition) is 2. The maximum Gasteiger partial charge on any atom is 0.223 e. The number of hydrogen-bond acceptors (Lipinski definition) is 3. The van der Waals surface area contributed by atoms with E-state index < -0.39 is 0 Å². The number of methoxy groups -OCH3 is 1. The van der Waals surface area contributed by atoms with E-state index in [0.717, 1.165) is 32.7 Å². The fourth-order valence-corrected chi connectivity index (χ4v) is 4.40. The molecule has 1 heterocycles. The lowest BCUT2D eigenvalue weighted by Gasteiger charge is -2.29. The standard InChI is InChI=1S/C16H28N2O2/c1-20-12-15(4-2-3-5-15)11-18-14(19)13-10-16(13)6-8-17-9-7-16/h13,17H,2-12H2,1H3,(H,18,19). The van der Waals surface area contributed by atoms with Gasteiger partial charge in [-0.05, 0) is 50.6 Å². The van der Waals surface area contributed by atoms with Crippen molar-refractivity contribution in [3.8, 4) is 0 Å². The summed E-state index contributed by atoms with van der Waals surface area (Å²) >= 11 is 0. The molecule has 4 heteroatoms. The maximum atomic E-state index is 12.4. The highest BCUT2D eigenvalue weighted by Crippen LogP contribution is 2.58. The quantitative estimate of drug-likeness (QED) is 0.806. The van der Waals surface area contributed by atoms with Gasteiger partial charge in [0.2, 0.25) is 5.91 Å². The molecule has 4 nitrogen and oxygen atoms in total. The Kier molecular flexibility index (Phi) is 4.04. The lowest BCUT2D eigenvalue weighted by Crippen LogP contribution is -2.40. The van der Waals surface area contributed by atoms with Gasteiger partial charge >= 0.3 is 0 Å². The molecular weight excluding hydrogens is 252 g/mol. The van der Waals surface area contributed by atoms with Gasteiger partial charge in [-0.15, -0.1) is 0 Å². The molecule has 1 unspecified atom stereocenters. The molecule has 114 valence electrons. The fourth-order valence-electron chi connectivity index (χ4n) is 4.40. The van der Waals surface area contributed by atoms with Crippen molar-refractivity contribution in [3.63, 3.8) is 0 Å². The van der Waals surface area contributed by atoms with Gasteiger partial charge in [-0.1, -0.05) is 12.8 Å². The number of carbonyl (C=O) groups is 1. The van der Waals surface area contributed by atoms with Crippen LogP contribution < -0.4 is 10.6 Å². The molecule has 1 amide bonds. The molecule has 3 rings (SSSR count). The Morgan fingerprint density at radius 1 is 1.25 bits per heavy atom. The Morgan fingerprint density at radius 2 is 1.95 bits per heavy atom. The Bertz CT molecular complexity index is 357. The van der Waals surface area contributed by atoms with Crippen LogP contribution >= 0.6 is 0 Å². The monoisotopic (exact) mass is 280 g/mol. The third-order valence-corrected chi connectivity index (χ3v) is 5.86. The van der Waals surface area contributed by atoms with E-state index in [4.69, 9.17) is 4.74 Å². The molecule has 0 aromatic carbocycles. The SMILES string of the molecule is COCC1(CNC(=O)C2CC23CCNCC3)CCCC1. The molecule has 0 radical (unpaired) electrons. The smallest absolute Gasteiger partial charge is 0.223 e. The van der Waals surface area contributed by atoms with Crippen LogP contribution in [0.15, 0.2) is 0 Å². The number of piperidine rings is 1. The van der Waals surface area contributed by atoms with Crippen LogP contribution in [0.5, 0.6) is 0 Å². The Hall–Kier alpha value is -0.610. The summed E-state index contributed by atoms with van der Waals surface area (Å²) in [6, 6.07) is 0. The summed E-state index contributed by atoms with van der Waals surface area (Å²) in [5.41, 5.74) is 0.556. The molecular formula is C16H28N2O2. The normalized spacial score (nSPS) is 30.4. The molecule has 20 heavy (non-hydrogen) atoms. The van der Waals surface area contributed by atoms with Crippen LogP contribution in [0.25, 0.3) is 0 Å². The van der Waals surface area contributed by atoms with Crippen molar-refractivity contribution in [2.75, 3.05) is 33.4 Å². The van der Waals surface area contributed by atoms with Crippen molar-refractivity contribution in [1.29, 1.82) is 0 Å². The maximum absolute atomic E-state index is 12.4. The van der Waals surface area contributed by atoms with E-state index in [1.807, 2.05) is 0 Å². The zero-order valence-corrected chi connectivity index (χ0v) is 12.7. The number of rotatable bonds is 5. The largest absolute Gasteiger partial charge is 0.384 e. The van der Waals surface area contributed by atoms with Crippen molar-refractivity contribution in [3.05, 3.63) is 0 Å². The van der Waals surface area contributed by atoms with Crippen LogP contribution in [-0.2, 0) is 9.53 Å². The second-order valence-electron chi connectivity index (χ2n) is 7.23. The Morgan fingerprint density at radius 3 is 2.60 bits per heavy atom. The molecule has 0 aromatic rings. The molecule has 1 atom stereocenters. The van der Waals surface area contributed by atoms with Crippen molar-refractivity contribution < 1.29 is 9.53 Å². The van der Waals surface area contributed by atoms with E-state index >= 15 is 0 Å². The predicted octanol–water partition coefficient (Wildman–Crippen LogP) is 1.70. The minimum atomic E-state index is 0.209. The second kappa shape index (κ2) is 5.64. The predicted molar refractivity (Wildman–Crippen MR) is 78.4 cm³/mol. The first-order valence-corrected chi connectivity index (χ1v) is 8.17. The molecule has 3 fully saturated rings. The molecule has 1 spiro atoms. The van der Waals surface area contributed by atoms with Gasteiger partial charge in [-0.2, -0.15) is 0 Å². The van der Waals surface area contributed by atoms with Gasteiger partial charge in [-0.3, -0.25) is 4.79 Å². The van der Waals surface area contributed by atoms with Gasteiger partial charge in [0.05, 0.1) is 6.61 Å². The van der Waals surface area contributed by atoms with Gasteiger partial charge in [-0.25, -0.2) is 0 Å². The summed E-state index contributed by atoms with van der Waals surface area (Å²) in [6.07, 6.45) is 8.40. The highest BCUT2D eigenvalue weighted by Gasteiger charge is 2.57. The van der Waals surface area contributed by atoms with Crippen LogP contribution in [0.1, 0.15) is 44.9 Å². The number of nitrogens with one attached hydrogen (secondary N) is 2. The van der Waals surface area contributed by atoms with Crippen LogP contribution in [-0.4, -0.2) is 39.3 Å². The van der Waals surface area contributed by atoms with Gasteiger partial charge in [0, 0.05) is 25.0 Å². The first kappa shape index (κ1) is 14.3. The molecule has 0 bridgehead atoms. The van der Waals surface area contributed by atoms with Crippen molar-refractivity contribution in [1.82, 2.24) is 10.6 Å². The molecule has 2 aliphatic carbocycles. The van der Waals surface area contributed by atoms with Crippen molar-refractivity contribution in [2.45, 2.75) is 44.9 Å². The van der Waals surface area contributed by atoms with Gasteiger partial charge in [0.15, 0.2) is 0 Å². The first-order chi connectivity index (χ1) is 9.70. The van der Waals surface area contributed by atoms with Crippen molar-refractivity contribution in [2.24, 2.45) is 16.7 Å². The molecule has 3 aliphatic rings. The molecule has 0 aromatic heterocycles. The van der Waals surface area contributed by atoms with E-state index in [-0.39, 0.29) is 11.3 Å². The molecule has 1 saturated heterocycles. The lowest BCUT2D eigenvalue weighted by molar-refractivity contribution is -0.124. The highest BCUT2D eigenvalue weighted by molar-refractivity contribution is 5.82. The lowest BCUT2D eigenvalue weighted by atomic mass is 9.87. The van der Waals surface area contributed by atoms with E-state index in [9.17, 15) is 4.79 Å². The topological polar surface area (TPSA) is 50.4 Å². The second-order valence-corrected chi connectivity index (χ2v) is 7.23. The first-order valence-electron chi connectivity index (χ1n) is 8.17. The third-order valence-electron chi connectivity index (χ3n) is 5.86. The van der Waals surface area contributed by atoms with Gasteiger partial charge in [0.25, 0.3) is 0 Å². The summed E-state index contributed by atoms with van der Waals surface area (Å²) < 4.78 is 5.39. The summed E-state index contributed by atoms with van der Waals surface area (Å²) in [4.78, 5) is 12.4. The number of ether oxygens (including phenoxy) is 1. The minimum Gasteiger partial charge on any atom is -0.384 e. The van der Waals surface area contributed by atoms with Crippen LogP contribution in [0.4, 0.5) is 0 Å². The summed E-state index contributed by atoms with van der Waals surface area (Å²) in [5.74, 6) is 0.583. The Balaban J connectivity index is 1.50. The van der Waals surface area contributed by atoms with Crippen molar-refractivity contribution >= 4 is 5.91 Å². The number of carbonyl (C=O) groups excluding carboxylic acids is 1. The third kappa shape index (κ3) is 2.73. The van der Waals surface area contributed by atoms with E-state index in [1.165, 1.54) is 38.5 Å². The van der Waals surface area contributed by atoms with E-state index in [1.54, 1.807) is 7.11 Å². The zero-order valence-electron chi connectivity index (χ0n) is 12.7. The van der Waals surface area contributed by atoms with Gasteiger partial charge < -0.3 is 15.4 Å². The highest BCUT2D eigenvalue weighted by atomic mass is 16.5. The van der Waals surface area contributed by atoms with Gasteiger partial charge in [0.1, 0.15) is 0 Å². The van der Waals surface area contributed by atoms with E-state index in [0.29, 0.717) is 11.3 Å². The molecule has 1 aliphatic heterocycles. The van der Waals surface area contributed by atoms with Crippen LogP contribution in [0, 0.1) is 16.7 Å².